The minimum atomic E-state index is -4.98. The molecule has 0 saturated carbocycles. The fourth-order valence-electron chi connectivity index (χ4n) is 5.34. The Morgan fingerprint density at radius 3 is 1.57 bits per heavy atom. The van der Waals surface area contributed by atoms with E-state index in [2.05, 4.69) is 19.9 Å². The molecule has 2 aliphatic heterocycles. The summed E-state index contributed by atoms with van der Waals surface area (Å²) in [6, 6.07) is -2.66. The van der Waals surface area contributed by atoms with Crippen molar-refractivity contribution in [1.82, 2.24) is 25.2 Å². The molecular weight excluding hydrogens is 800 g/mol. The Hall–Kier alpha value is -3.15. The van der Waals surface area contributed by atoms with E-state index in [9.17, 15) is 22.6 Å². The number of aliphatic imine (C=N–C) groups is 1. The normalized spacial score (nSPS) is 16.7. The van der Waals surface area contributed by atoms with Gasteiger partial charge in [-0.3, -0.25) is 14.2 Å². The van der Waals surface area contributed by atoms with Gasteiger partial charge < -0.3 is 61.8 Å². The molecule has 3 heterocycles. The van der Waals surface area contributed by atoms with Crippen molar-refractivity contribution in [3.8, 4) is 0 Å². The van der Waals surface area contributed by atoms with Gasteiger partial charge in [-0.2, -0.15) is 18.6 Å². The van der Waals surface area contributed by atoms with Gasteiger partial charge in [0.15, 0.2) is 5.84 Å². The zero-order valence-electron chi connectivity index (χ0n) is 33.3. The lowest BCUT2D eigenvalue weighted by Crippen LogP contribution is -2.45. The van der Waals surface area contributed by atoms with E-state index in [1.54, 1.807) is 14.2 Å². The van der Waals surface area contributed by atoms with Crippen molar-refractivity contribution in [3.05, 3.63) is 17.5 Å². The highest BCUT2D eigenvalue weighted by molar-refractivity contribution is 7.80. The number of hydrogen-bond donors (Lipinski definition) is 2. The van der Waals surface area contributed by atoms with Crippen LogP contribution in [0.1, 0.15) is 23.3 Å². The third kappa shape index (κ3) is 18.8. The molecule has 0 unspecified atom stereocenters. The molecule has 3 rings (SSSR count). The molecule has 1 aromatic heterocycles. The minimum absolute atomic E-state index is 0.00976. The number of fused-ring (bicyclic) bond motifs is 4. The fourth-order valence-corrected chi connectivity index (χ4v) is 5.71. The Kier molecular flexibility index (Phi) is 24.7. The van der Waals surface area contributed by atoms with E-state index in [1.807, 2.05) is 0 Å². The van der Waals surface area contributed by atoms with Crippen molar-refractivity contribution < 1.29 is 83.8 Å². The standard InChI is InChI=1S/C33H58N6O18S/c1-34-32(31-30-27(24-35-37(30)2)28-25-38(31)33(41)39(28)57-58(42,43)44)36-56-29(40)26-55-23-22-54-21-20-53-19-18-52-17-16-51-15-14-50-13-12-49-11-10-48-9-8-47-7-6-46-5-4-45-3/h24,28,31H,4-23,25-26H2,1-3H3,(H,34,36)(H,42,43,44)/t28-,31-/m0/s1. The summed E-state index contributed by atoms with van der Waals surface area (Å²) < 4.78 is 97.0. The molecule has 0 aromatic carbocycles. The van der Waals surface area contributed by atoms with Gasteiger partial charge in [-0.25, -0.2) is 15.1 Å². The number of ether oxygens (including phenoxy) is 11. The van der Waals surface area contributed by atoms with Crippen LogP contribution >= 0.6 is 0 Å². The average Bonchev–Trinajstić information content (AvgIpc) is 3.71. The Morgan fingerprint density at radius 2 is 1.17 bits per heavy atom. The highest BCUT2D eigenvalue weighted by Crippen LogP contribution is 2.44. The van der Waals surface area contributed by atoms with Crippen LogP contribution in [-0.4, -0.2) is 210 Å². The molecular formula is C33H58N6O18S. The van der Waals surface area contributed by atoms with E-state index in [4.69, 9.17) is 56.9 Å². The topological polar surface area (TPSA) is 257 Å². The molecule has 2 atom stereocenters. The molecule has 2 N–H and O–H groups in total. The molecule has 1 fully saturated rings. The second-order valence-corrected chi connectivity index (χ2v) is 13.0. The summed E-state index contributed by atoms with van der Waals surface area (Å²) in [6.07, 6.45) is 1.45. The molecule has 58 heavy (non-hydrogen) atoms. The van der Waals surface area contributed by atoms with Crippen LogP contribution in [0, 0.1) is 0 Å². The summed E-state index contributed by atoms with van der Waals surface area (Å²) in [5.41, 5.74) is 3.39. The maximum absolute atomic E-state index is 13.0. The highest BCUT2D eigenvalue weighted by atomic mass is 32.3. The summed E-state index contributed by atoms with van der Waals surface area (Å²) in [7, 11) is -0.323. The summed E-state index contributed by atoms with van der Waals surface area (Å²) in [4.78, 5) is 35.8. The number of nitrogens with zero attached hydrogens (tertiary/aromatic N) is 5. The molecule has 0 spiro atoms. The van der Waals surface area contributed by atoms with Crippen molar-refractivity contribution in [2.75, 3.05) is 159 Å². The number of aromatic nitrogens is 2. The van der Waals surface area contributed by atoms with Gasteiger partial charge in [-0.15, -0.1) is 4.28 Å². The molecule has 2 aliphatic rings. The molecule has 0 aliphatic carbocycles. The Balaban J connectivity index is 1.07. The number of amidine groups is 1. The van der Waals surface area contributed by atoms with E-state index >= 15 is 0 Å². The second-order valence-electron chi connectivity index (χ2n) is 12.0. The van der Waals surface area contributed by atoms with Crippen LogP contribution in [0.3, 0.4) is 0 Å². The van der Waals surface area contributed by atoms with Crippen molar-refractivity contribution in [1.29, 1.82) is 0 Å². The summed E-state index contributed by atoms with van der Waals surface area (Å²) in [5, 5.41) is 4.74. The van der Waals surface area contributed by atoms with E-state index in [-0.39, 0.29) is 25.6 Å². The van der Waals surface area contributed by atoms with Gasteiger partial charge in [-0.05, 0) is 0 Å². The van der Waals surface area contributed by atoms with Crippen LogP contribution in [0.25, 0.3) is 0 Å². The predicted molar refractivity (Wildman–Crippen MR) is 198 cm³/mol. The smallest absolute Gasteiger partial charge is 0.382 e. The zero-order chi connectivity index (χ0) is 41.9. The van der Waals surface area contributed by atoms with E-state index in [1.165, 1.54) is 22.8 Å². The highest BCUT2D eigenvalue weighted by Gasteiger charge is 2.53. The number of carbonyl (C=O) groups excluding carboxylic acids is 2. The van der Waals surface area contributed by atoms with Crippen LogP contribution in [0.2, 0.25) is 0 Å². The van der Waals surface area contributed by atoms with Crippen molar-refractivity contribution in [2.45, 2.75) is 12.1 Å². The number of urea groups is 1. The first-order chi connectivity index (χ1) is 28.2. The van der Waals surface area contributed by atoms with Crippen LogP contribution in [0.15, 0.2) is 11.2 Å². The number of carbonyl (C=O) groups is 2. The van der Waals surface area contributed by atoms with Crippen LogP contribution in [-0.2, 0) is 83.5 Å². The Morgan fingerprint density at radius 1 is 0.759 bits per heavy atom. The minimum Gasteiger partial charge on any atom is -0.382 e. The third-order valence-electron chi connectivity index (χ3n) is 7.97. The number of hydrogen-bond acceptors (Lipinski definition) is 19. The van der Waals surface area contributed by atoms with Gasteiger partial charge in [0, 0.05) is 26.8 Å². The van der Waals surface area contributed by atoms with Crippen LogP contribution in [0.5, 0.6) is 0 Å². The molecule has 334 valence electrons. The summed E-state index contributed by atoms with van der Waals surface area (Å²) in [6.45, 7) is 8.24. The summed E-state index contributed by atoms with van der Waals surface area (Å²) in [5.74, 6) is -0.727. The number of hydroxylamine groups is 3. The number of methoxy groups -OCH3 is 1. The molecule has 24 nitrogen and oxygen atoms in total. The van der Waals surface area contributed by atoms with Gasteiger partial charge in [0.2, 0.25) is 0 Å². The van der Waals surface area contributed by atoms with E-state index < -0.39 is 41.1 Å². The number of aryl methyl sites for hydroxylation is 1. The second kappa shape index (κ2) is 29.1. The first-order valence-corrected chi connectivity index (χ1v) is 20.0. The lowest BCUT2D eigenvalue weighted by Gasteiger charge is -2.31. The Bertz CT molecular complexity index is 1440. The SMILES string of the molecule is CN=C(NOC(=O)COCCOCCOCCOCCOCCOCCOCCOCCOCCOCCOC)[C@@H]1c2c(cnn2C)[C@@H]2CN1C(=O)N2OS(=O)(=O)O. The van der Waals surface area contributed by atoms with Gasteiger partial charge in [0.1, 0.15) is 18.7 Å². The summed E-state index contributed by atoms with van der Waals surface area (Å²) >= 11 is 0. The van der Waals surface area contributed by atoms with E-state index in [0.717, 1.165) is 0 Å². The zero-order valence-corrected chi connectivity index (χ0v) is 34.1. The van der Waals surface area contributed by atoms with Crippen molar-refractivity contribution in [3.63, 3.8) is 0 Å². The fraction of sp³-hybridized carbons (Fsp3) is 0.818. The monoisotopic (exact) mass is 858 g/mol. The molecule has 2 amide bonds. The van der Waals surface area contributed by atoms with Crippen molar-refractivity contribution >= 4 is 28.2 Å². The van der Waals surface area contributed by atoms with Gasteiger partial charge in [0.05, 0.1) is 151 Å². The van der Waals surface area contributed by atoms with Crippen molar-refractivity contribution in [2.24, 2.45) is 12.0 Å². The maximum atomic E-state index is 13.0. The lowest BCUT2D eigenvalue weighted by molar-refractivity contribution is -0.154. The maximum Gasteiger partial charge on any atom is 0.418 e. The van der Waals surface area contributed by atoms with Gasteiger partial charge in [-0.1, -0.05) is 0 Å². The van der Waals surface area contributed by atoms with Crippen LogP contribution in [0.4, 0.5) is 4.79 Å². The number of nitrogens with one attached hydrogen (secondary N) is 1. The quantitative estimate of drug-likeness (QED) is 0.0269. The first-order valence-electron chi connectivity index (χ1n) is 18.6. The van der Waals surface area contributed by atoms with E-state index in [0.29, 0.717) is 135 Å². The lowest BCUT2D eigenvalue weighted by atomic mass is 9.97. The third-order valence-corrected chi connectivity index (χ3v) is 8.32. The predicted octanol–water partition coefficient (Wildman–Crippen LogP) is -1.12. The van der Waals surface area contributed by atoms with Gasteiger partial charge in [0.25, 0.3) is 0 Å². The first kappa shape index (κ1) is 49.2. The molecule has 25 heteroatoms. The Labute approximate surface area is 337 Å². The molecule has 1 aromatic rings. The number of amides is 2. The van der Waals surface area contributed by atoms with Crippen LogP contribution < -0.4 is 5.48 Å². The largest absolute Gasteiger partial charge is 0.418 e. The molecule has 1 saturated heterocycles. The molecule has 0 radical (unpaired) electrons. The average molecular weight is 859 g/mol. The number of rotatable bonds is 35. The molecule has 2 bridgehead atoms. The van der Waals surface area contributed by atoms with Gasteiger partial charge >= 0.3 is 22.4 Å².